The summed E-state index contributed by atoms with van der Waals surface area (Å²) < 4.78 is 13.4. The van der Waals surface area contributed by atoms with Gasteiger partial charge in [0, 0.05) is 6.04 Å². The van der Waals surface area contributed by atoms with E-state index in [1.165, 1.54) is 25.3 Å². The number of nitrogens with zero attached hydrogens (tertiary/aromatic N) is 1. The van der Waals surface area contributed by atoms with Crippen LogP contribution in [0.15, 0.2) is 24.3 Å². The minimum Gasteiger partial charge on any atom is -0.310 e. The molecule has 21 heavy (non-hydrogen) atoms. The fourth-order valence-corrected chi connectivity index (χ4v) is 2.52. The van der Waals surface area contributed by atoms with Crippen molar-refractivity contribution in [1.29, 1.82) is 0 Å². The molecule has 1 unspecified atom stereocenters. The second kappa shape index (κ2) is 10.7. The number of benzene rings is 1. The molecule has 3 heteroatoms. The van der Waals surface area contributed by atoms with Crippen LogP contribution < -0.4 is 5.32 Å². The molecule has 0 aliphatic carbocycles. The molecule has 0 bridgehead atoms. The van der Waals surface area contributed by atoms with Gasteiger partial charge in [-0.3, -0.25) is 0 Å². The van der Waals surface area contributed by atoms with Crippen molar-refractivity contribution >= 4 is 0 Å². The highest BCUT2D eigenvalue weighted by Gasteiger charge is 2.12. The molecule has 0 aliphatic rings. The quantitative estimate of drug-likeness (QED) is 0.609. The molecule has 0 amide bonds. The lowest BCUT2D eigenvalue weighted by Gasteiger charge is -2.23. The zero-order valence-corrected chi connectivity index (χ0v) is 13.9. The van der Waals surface area contributed by atoms with Gasteiger partial charge in [0.25, 0.3) is 0 Å². The van der Waals surface area contributed by atoms with Gasteiger partial charge in [0.2, 0.25) is 0 Å². The molecular formula is C18H31FN2. The van der Waals surface area contributed by atoms with Crippen molar-refractivity contribution in [3.05, 3.63) is 35.6 Å². The van der Waals surface area contributed by atoms with Crippen molar-refractivity contribution in [3.8, 4) is 0 Å². The first-order chi connectivity index (χ1) is 10.2. The highest BCUT2D eigenvalue weighted by atomic mass is 19.1. The molecule has 0 aliphatic heterocycles. The fraction of sp³-hybridized carbons (Fsp3) is 0.667. The Morgan fingerprint density at radius 2 is 1.95 bits per heavy atom. The van der Waals surface area contributed by atoms with Crippen molar-refractivity contribution in [2.24, 2.45) is 0 Å². The van der Waals surface area contributed by atoms with E-state index in [2.05, 4.69) is 31.1 Å². The molecule has 0 spiro atoms. The Bertz CT molecular complexity index is 381. The lowest BCUT2D eigenvalue weighted by atomic mass is 10.0. The molecule has 0 saturated carbocycles. The van der Waals surface area contributed by atoms with Gasteiger partial charge < -0.3 is 10.2 Å². The zero-order chi connectivity index (χ0) is 15.5. The van der Waals surface area contributed by atoms with E-state index >= 15 is 0 Å². The van der Waals surface area contributed by atoms with Crippen LogP contribution in [0, 0.1) is 5.82 Å². The summed E-state index contributed by atoms with van der Waals surface area (Å²) in [6.45, 7) is 7.56. The maximum Gasteiger partial charge on any atom is 0.123 e. The van der Waals surface area contributed by atoms with Gasteiger partial charge in [-0.2, -0.15) is 0 Å². The summed E-state index contributed by atoms with van der Waals surface area (Å²) in [4.78, 5) is 2.38. The normalized spacial score (nSPS) is 12.8. The molecule has 0 fully saturated rings. The third kappa shape index (κ3) is 7.58. The second-order valence-electron chi connectivity index (χ2n) is 5.86. The number of nitrogens with one attached hydrogen (secondary N) is 1. The van der Waals surface area contributed by atoms with Crippen molar-refractivity contribution in [2.45, 2.75) is 52.0 Å². The van der Waals surface area contributed by atoms with E-state index in [-0.39, 0.29) is 11.9 Å². The smallest absolute Gasteiger partial charge is 0.123 e. The van der Waals surface area contributed by atoms with Crippen LogP contribution in [0.3, 0.4) is 0 Å². The molecule has 0 aromatic heterocycles. The topological polar surface area (TPSA) is 15.3 Å². The maximum absolute atomic E-state index is 13.4. The molecule has 0 saturated heterocycles. The molecule has 0 heterocycles. The van der Waals surface area contributed by atoms with Crippen LogP contribution in [-0.4, -0.2) is 31.6 Å². The lowest BCUT2D eigenvalue weighted by molar-refractivity contribution is 0.300. The van der Waals surface area contributed by atoms with Crippen LogP contribution in [0.5, 0.6) is 0 Å². The largest absolute Gasteiger partial charge is 0.310 e. The van der Waals surface area contributed by atoms with Gasteiger partial charge in [0.05, 0.1) is 0 Å². The zero-order valence-electron chi connectivity index (χ0n) is 13.9. The Labute approximate surface area is 129 Å². The van der Waals surface area contributed by atoms with Gasteiger partial charge in [-0.1, -0.05) is 38.8 Å². The van der Waals surface area contributed by atoms with Crippen LogP contribution in [0.2, 0.25) is 0 Å². The number of hydrogen-bond acceptors (Lipinski definition) is 2. The van der Waals surface area contributed by atoms with Crippen LogP contribution in [-0.2, 0) is 0 Å². The van der Waals surface area contributed by atoms with Gasteiger partial charge in [0.15, 0.2) is 0 Å². The van der Waals surface area contributed by atoms with E-state index in [4.69, 9.17) is 0 Å². The maximum atomic E-state index is 13.4. The summed E-state index contributed by atoms with van der Waals surface area (Å²) in [6, 6.07) is 7.24. The first-order valence-corrected chi connectivity index (χ1v) is 8.34. The van der Waals surface area contributed by atoms with E-state index in [1.54, 1.807) is 12.1 Å². The summed E-state index contributed by atoms with van der Waals surface area (Å²) in [7, 11) is 2.18. The van der Waals surface area contributed by atoms with E-state index in [0.717, 1.165) is 38.0 Å². The SMILES string of the molecule is CCCCCN(C)CCC(NCCC)c1cccc(F)c1. The highest BCUT2D eigenvalue weighted by molar-refractivity contribution is 5.20. The Morgan fingerprint density at radius 3 is 2.62 bits per heavy atom. The van der Waals surface area contributed by atoms with Crippen molar-refractivity contribution in [1.82, 2.24) is 10.2 Å². The first kappa shape index (κ1) is 18.1. The van der Waals surface area contributed by atoms with E-state index < -0.39 is 0 Å². The van der Waals surface area contributed by atoms with Crippen molar-refractivity contribution in [2.75, 3.05) is 26.7 Å². The van der Waals surface area contributed by atoms with Crippen LogP contribution in [0.25, 0.3) is 0 Å². The Kier molecular flexibility index (Phi) is 9.27. The number of hydrogen-bond donors (Lipinski definition) is 1. The number of rotatable bonds is 11. The Morgan fingerprint density at radius 1 is 1.14 bits per heavy atom. The average molecular weight is 294 g/mol. The van der Waals surface area contributed by atoms with Gasteiger partial charge in [-0.05, 0) is 63.6 Å². The van der Waals surface area contributed by atoms with Gasteiger partial charge >= 0.3 is 0 Å². The second-order valence-corrected chi connectivity index (χ2v) is 5.86. The van der Waals surface area contributed by atoms with E-state index in [9.17, 15) is 4.39 Å². The number of halogens is 1. The predicted octanol–water partition coefficient (Wildman–Crippen LogP) is 4.38. The number of unbranched alkanes of at least 4 members (excludes halogenated alkanes) is 2. The molecule has 0 radical (unpaired) electrons. The van der Waals surface area contributed by atoms with E-state index in [0.29, 0.717) is 0 Å². The fourth-order valence-electron chi connectivity index (χ4n) is 2.52. The molecular weight excluding hydrogens is 263 g/mol. The lowest BCUT2D eigenvalue weighted by Crippen LogP contribution is -2.28. The highest BCUT2D eigenvalue weighted by Crippen LogP contribution is 2.18. The minimum atomic E-state index is -0.146. The van der Waals surface area contributed by atoms with Crippen LogP contribution in [0.1, 0.15) is 57.6 Å². The van der Waals surface area contributed by atoms with E-state index in [1.807, 2.05) is 6.07 Å². The molecule has 1 atom stereocenters. The third-order valence-corrected chi connectivity index (χ3v) is 3.83. The molecule has 1 aromatic carbocycles. The van der Waals surface area contributed by atoms with Crippen molar-refractivity contribution in [3.63, 3.8) is 0 Å². The summed E-state index contributed by atoms with van der Waals surface area (Å²) in [6.07, 6.45) is 5.94. The summed E-state index contributed by atoms with van der Waals surface area (Å²) in [5, 5.41) is 3.54. The molecule has 1 aromatic rings. The monoisotopic (exact) mass is 294 g/mol. The minimum absolute atomic E-state index is 0.146. The molecule has 1 rings (SSSR count). The predicted molar refractivity (Wildman–Crippen MR) is 89.1 cm³/mol. The van der Waals surface area contributed by atoms with Gasteiger partial charge in [-0.25, -0.2) is 4.39 Å². The molecule has 2 nitrogen and oxygen atoms in total. The van der Waals surface area contributed by atoms with Gasteiger partial charge in [0.1, 0.15) is 5.82 Å². The third-order valence-electron chi connectivity index (χ3n) is 3.83. The van der Waals surface area contributed by atoms with Crippen molar-refractivity contribution < 1.29 is 4.39 Å². The van der Waals surface area contributed by atoms with Crippen LogP contribution >= 0.6 is 0 Å². The Balaban J connectivity index is 2.50. The summed E-state index contributed by atoms with van der Waals surface area (Å²) >= 11 is 0. The van der Waals surface area contributed by atoms with Gasteiger partial charge in [-0.15, -0.1) is 0 Å². The standard InChI is InChI=1S/C18H31FN2/c1-4-6-7-13-21(3)14-11-18(20-12-5-2)16-9-8-10-17(19)15-16/h8-10,15,18,20H,4-7,11-14H2,1-3H3. The summed E-state index contributed by atoms with van der Waals surface area (Å²) in [5.41, 5.74) is 1.06. The van der Waals surface area contributed by atoms with Crippen LogP contribution in [0.4, 0.5) is 4.39 Å². The average Bonchev–Trinajstić information content (AvgIpc) is 2.47. The summed E-state index contributed by atoms with van der Waals surface area (Å²) in [5.74, 6) is -0.146. The Hall–Kier alpha value is -0.930. The first-order valence-electron chi connectivity index (χ1n) is 8.34. The molecule has 1 N–H and O–H groups in total. The molecule has 120 valence electrons.